The average Bonchev–Trinajstić information content (AvgIpc) is 3.47. The summed E-state index contributed by atoms with van der Waals surface area (Å²) in [6, 6.07) is 15.5. The Morgan fingerprint density at radius 2 is 1.64 bits per heavy atom. The first-order valence-corrected chi connectivity index (χ1v) is 11.6. The summed E-state index contributed by atoms with van der Waals surface area (Å²) in [6.45, 7) is 5.13. The van der Waals surface area contributed by atoms with Gasteiger partial charge in [-0.15, -0.1) is 0 Å². The van der Waals surface area contributed by atoms with Crippen LogP contribution in [0.4, 0.5) is 11.6 Å². The van der Waals surface area contributed by atoms with Crippen LogP contribution in [0.25, 0.3) is 5.69 Å². The van der Waals surface area contributed by atoms with Crippen molar-refractivity contribution in [2.45, 2.75) is 13.3 Å². The van der Waals surface area contributed by atoms with E-state index in [2.05, 4.69) is 45.6 Å². The summed E-state index contributed by atoms with van der Waals surface area (Å²) < 4.78 is 2.08. The van der Waals surface area contributed by atoms with Gasteiger partial charge in [0.15, 0.2) is 0 Å². The maximum absolute atomic E-state index is 13.2. The number of carbonyl (C=O) groups excluding carboxylic acids is 2. The molecule has 7 nitrogen and oxygen atoms in total. The largest absolute Gasteiger partial charge is 0.339 e. The number of hydrogen-bond acceptors (Lipinski definition) is 4. The number of halogens is 1. The number of anilines is 2. The van der Waals surface area contributed by atoms with Crippen LogP contribution in [0.1, 0.15) is 12.0 Å². The van der Waals surface area contributed by atoms with Gasteiger partial charge in [-0.25, -0.2) is 4.98 Å². The summed E-state index contributed by atoms with van der Waals surface area (Å²) in [5.74, 6) is 0.612. The van der Waals surface area contributed by atoms with Gasteiger partial charge >= 0.3 is 0 Å². The minimum absolute atomic E-state index is 0.0190. The van der Waals surface area contributed by atoms with Crippen LogP contribution in [0.15, 0.2) is 60.9 Å². The highest BCUT2D eigenvalue weighted by atomic mass is 35.5. The molecule has 33 heavy (non-hydrogen) atoms. The molecule has 0 bridgehead atoms. The predicted molar refractivity (Wildman–Crippen MR) is 129 cm³/mol. The first-order chi connectivity index (χ1) is 16.0. The molecule has 2 aliphatic heterocycles. The van der Waals surface area contributed by atoms with Crippen LogP contribution in [0.5, 0.6) is 0 Å². The molecule has 1 unspecified atom stereocenters. The summed E-state index contributed by atoms with van der Waals surface area (Å²) in [5.41, 5.74) is 3.07. The highest BCUT2D eigenvalue weighted by Gasteiger charge is 2.38. The van der Waals surface area contributed by atoms with E-state index in [1.165, 1.54) is 5.56 Å². The van der Waals surface area contributed by atoms with Crippen LogP contribution in [0.2, 0.25) is 5.02 Å². The third-order valence-electron chi connectivity index (χ3n) is 6.42. The number of piperazine rings is 1. The first-order valence-electron chi connectivity index (χ1n) is 11.2. The zero-order chi connectivity index (χ0) is 22.9. The molecule has 0 N–H and O–H groups in total. The van der Waals surface area contributed by atoms with Gasteiger partial charge in [0.1, 0.15) is 0 Å². The molecular formula is C25H26ClN5O2. The Labute approximate surface area is 198 Å². The SMILES string of the molecule is Cc1ccc(-n2ccnc2N2CCN(C(=O)C3CC(=O)N(c4ccc(Cl)cc4)C3)CC2)cc1. The van der Waals surface area contributed by atoms with Crippen molar-refractivity contribution in [3.63, 3.8) is 0 Å². The number of imidazole rings is 1. The zero-order valence-corrected chi connectivity index (χ0v) is 19.3. The standard InChI is InChI=1S/C25H26ClN5O2/c1-18-2-6-21(7-3-18)30-11-10-27-25(30)29-14-12-28(13-15-29)24(33)19-16-23(32)31(17-19)22-8-4-20(26)5-9-22/h2-11,19H,12-17H2,1H3. The zero-order valence-electron chi connectivity index (χ0n) is 18.5. The van der Waals surface area contributed by atoms with Crippen LogP contribution in [0, 0.1) is 12.8 Å². The Balaban J connectivity index is 1.22. The highest BCUT2D eigenvalue weighted by molar-refractivity contribution is 6.30. The minimum atomic E-state index is -0.311. The van der Waals surface area contributed by atoms with E-state index in [9.17, 15) is 9.59 Å². The van der Waals surface area contributed by atoms with E-state index in [-0.39, 0.29) is 24.2 Å². The smallest absolute Gasteiger partial charge is 0.228 e. The molecule has 170 valence electrons. The molecular weight excluding hydrogens is 438 g/mol. The average molecular weight is 464 g/mol. The van der Waals surface area contributed by atoms with Crippen LogP contribution in [0.3, 0.4) is 0 Å². The van der Waals surface area contributed by atoms with Crippen molar-refractivity contribution in [2.75, 3.05) is 42.5 Å². The summed E-state index contributed by atoms with van der Waals surface area (Å²) in [5, 5.41) is 0.624. The number of carbonyl (C=O) groups is 2. The summed E-state index contributed by atoms with van der Waals surface area (Å²) in [6.07, 6.45) is 4.02. The molecule has 0 saturated carbocycles. The van der Waals surface area contributed by atoms with Crippen LogP contribution in [-0.4, -0.2) is 59.0 Å². The van der Waals surface area contributed by atoms with Gasteiger partial charge in [-0.05, 0) is 43.3 Å². The molecule has 2 aliphatic rings. The Bertz CT molecular complexity index is 1150. The Kier molecular flexibility index (Phi) is 5.81. The molecule has 2 saturated heterocycles. The molecule has 2 fully saturated rings. The van der Waals surface area contributed by atoms with Gasteiger partial charge < -0.3 is 14.7 Å². The van der Waals surface area contributed by atoms with Gasteiger partial charge in [0.05, 0.1) is 5.92 Å². The van der Waals surface area contributed by atoms with Crippen LogP contribution < -0.4 is 9.80 Å². The van der Waals surface area contributed by atoms with Crippen molar-refractivity contribution >= 4 is 35.1 Å². The monoisotopic (exact) mass is 463 g/mol. The molecule has 2 amide bonds. The molecule has 0 aliphatic carbocycles. The fourth-order valence-corrected chi connectivity index (χ4v) is 4.69. The number of aromatic nitrogens is 2. The lowest BCUT2D eigenvalue weighted by molar-refractivity contribution is -0.136. The highest BCUT2D eigenvalue weighted by Crippen LogP contribution is 2.28. The van der Waals surface area contributed by atoms with Crippen LogP contribution >= 0.6 is 11.6 Å². The third kappa shape index (κ3) is 4.33. The van der Waals surface area contributed by atoms with E-state index in [0.29, 0.717) is 37.7 Å². The Morgan fingerprint density at radius 3 is 2.33 bits per heavy atom. The molecule has 3 aromatic rings. The molecule has 3 heterocycles. The van der Waals surface area contributed by atoms with E-state index in [0.717, 1.165) is 17.3 Å². The molecule has 1 atom stereocenters. The summed E-state index contributed by atoms with van der Waals surface area (Å²) in [7, 11) is 0. The van der Waals surface area contributed by atoms with Crippen molar-refractivity contribution in [3.05, 3.63) is 71.5 Å². The maximum Gasteiger partial charge on any atom is 0.228 e. The molecule has 1 aromatic heterocycles. The van der Waals surface area contributed by atoms with E-state index >= 15 is 0 Å². The lowest BCUT2D eigenvalue weighted by atomic mass is 10.1. The Hall–Kier alpha value is -3.32. The van der Waals surface area contributed by atoms with E-state index in [4.69, 9.17) is 11.6 Å². The van der Waals surface area contributed by atoms with E-state index < -0.39 is 0 Å². The van der Waals surface area contributed by atoms with Crippen LogP contribution in [-0.2, 0) is 9.59 Å². The predicted octanol–water partition coefficient (Wildman–Crippen LogP) is 3.54. The van der Waals surface area contributed by atoms with Gasteiger partial charge in [-0.1, -0.05) is 29.3 Å². The topological polar surface area (TPSA) is 61.7 Å². The summed E-state index contributed by atoms with van der Waals surface area (Å²) in [4.78, 5) is 36.1. The van der Waals surface area contributed by atoms with Gasteiger partial charge in [-0.2, -0.15) is 0 Å². The van der Waals surface area contributed by atoms with Crippen molar-refractivity contribution in [1.29, 1.82) is 0 Å². The van der Waals surface area contributed by atoms with Crippen molar-refractivity contribution in [1.82, 2.24) is 14.5 Å². The molecule has 0 radical (unpaired) electrons. The summed E-state index contributed by atoms with van der Waals surface area (Å²) >= 11 is 5.96. The number of nitrogens with zero attached hydrogens (tertiary/aromatic N) is 5. The molecule has 5 rings (SSSR count). The second-order valence-corrected chi connectivity index (χ2v) is 9.06. The molecule has 2 aromatic carbocycles. The number of aryl methyl sites for hydroxylation is 1. The Morgan fingerprint density at radius 1 is 0.970 bits per heavy atom. The second-order valence-electron chi connectivity index (χ2n) is 8.63. The van der Waals surface area contributed by atoms with Crippen molar-refractivity contribution < 1.29 is 9.59 Å². The fourth-order valence-electron chi connectivity index (χ4n) is 4.57. The molecule has 8 heteroatoms. The second kappa shape index (κ2) is 8.90. The number of rotatable bonds is 4. The lowest BCUT2D eigenvalue weighted by Gasteiger charge is -2.36. The van der Waals surface area contributed by atoms with Crippen molar-refractivity contribution in [3.8, 4) is 5.69 Å². The van der Waals surface area contributed by atoms with Gasteiger partial charge in [0.25, 0.3) is 0 Å². The van der Waals surface area contributed by atoms with E-state index in [1.807, 2.05) is 29.4 Å². The minimum Gasteiger partial charge on any atom is -0.339 e. The van der Waals surface area contributed by atoms with E-state index in [1.54, 1.807) is 17.0 Å². The van der Waals surface area contributed by atoms with Crippen molar-refractivity contribution in [2.24, 2.45) is 5.92 Å². The third-order valence-corrected chi connectivity index (χ3v) is 6.67. The number of amides is 2. The normalized spacial score (nSPS) is 18.8. The lowest BCUT2D eigenvalue weighted by Crippen LogP contribution is -2.51. The fraction of sp³-hybridized carbons (Fsp3) is 0.320. The maximum atomic E-state index is 13.2. The quantitative estimate of drug-likeness (QED) is 0.593. The van der Waals surface area contributed by atoms with Gasteiger partial charge in [0, 0.05) is 67.9 Å². The number of benzene rings is 2. The molecule has 0 spiro atoms. The van der Waals surface area contributed by atoms with Gasteiger partial charge in [0.2, 0.25) is 17.8 Å². The van der Waals surface area contributed by atoms with Gasteiger partial charge in [-0.3, -0.25) is 14.2 Å². The first kappa shape index (κ1) is 21.5. The number of hydrogen-bond donors (Lipinski definition) is 0.